The zero-order chi connectivity index (χ0) is 22.2. The number of hydrogen-bond acceptors (Lipinski definition) is 7. The van der Waals surface area contributed by atoms with Crippen molar-refractivity contribution in [3.63, 3.8) is 0 Å². The number of nitrogens with zero attached hydrogens (tertiary/aromatic N) is 2. The second kappa shape index (κ2) is 11.2. The number of anilines is 1. The molecule has 0 aliphatic carbocycles. The van der Waals surface area contributed by atoms with Crippen LogP contribution in [0, 0.1) is 6.92 Å². The number of aryl methyl sites for hydroxylation is 1. The van der Waals surface area contributed by atoms with E-state index >= 15 is 0 Å². The Morgan fingerprint density at radius 3 is 2.55 bits per heavy atom. The largest absolute Gasteiger partial charge is 0.495 e. The van der Waals surface area contributed by atoms with Gasteiger partial charge in [0.2, 0.25) is 5.91 Å². The van der Waals surface area contributed by atoms with Gasteiger partial charge in [0.25, 0.3) is 0 Å². The molecule has 0 spiro atoms. The molecule has 0 aliphatic heterocycles. The van der Waals surface area contributed by atoms with Gasteiger partial charge in [0.15, 0.2) is 10.9 Å². The van der Waals surface area contributed by atoms with Crippen LogP contribution in [0.5, 0.6) is 5.75 Å². The highest BCUT2D eigenvalue weighted by atomic mass is 35.5. The van der Waals surface area contributed by atoms with Crippen LogP contribution < -0.4 is 10.1 Å². The van der Waals surface area contributed by atoms with E-state index in [9.17, 15) is 9.59 Å². The van der Waals surface area contributed by atoms with Crippen molar-refractivity contribution in [2.24, 2.45) is 0 Å². The average molecular weight is 474 g/mol. The summed E-state index contributed by atoms with van der Waals surface area (Å²) in [5, 5.41) is 4.47. The fourth-order valence-electron chi connectivity index (χ4n) is 2.59. The Morgan fingerprint density at radius 1 is 1.03 bits per heavy atom. The van der Waals surface area contributed by atoms with Crippen molar-refractivity contribution in [2.45, 2.75) is 17.1 Å². The lowest BCUT2D eigenvalue weighted by Gasteiger charge is -2.10. The molecule has 0 bridgehead atoms. The van der Waals surface area contributed by atoms with E-state index in [0.717, 1.165) is 5.69 Å². The predicted molar refractivity (Wildman–Crippen MR) is 126 cm³/mol. The van der Waals surface area contributed by atoms with Crippen LogP contribution in [0.15, 0.2) is 64.8 Å². The number of benzene rings is 2. The molecule has 0 saturated carbocycles. The first-order valence-corrected chi connectivity index (χ1v) is 11.6. The van der Waals surface area contributed by atoms with Crippen molar-refractivity contribution in [1.82, 2.24) is 9.97 Å². The Bertz CT molecular complexity index is 1080. The number of ether oxygens (including phenoxy) is 1. The molecule has 1 heterocycles. The van der Waals surface area contributed by atoms with Crippen LogP contribution >= 0.6 is 35.1 Å². The van der Waals surface area contributed by atoms with E-state index in [-0.39, 0.29) is 23.2 Å². The van der Waals surface area contributed by atoms with Crippen LogP contribution in [-0.2, 0) is 4.79 Å². The minimum Gasteiger partial charge on any atom is -0.495 e. The van der Waals surface area contributed by atoms with E-state index in [0.29, 0.717) is 32.2 Å². The van der Waals surface area contributed by atoms with Crippen molar-refractivity contribution < 1.29 is 14.3 Å². The summed E-state index contributed by atoms with van der Waals surface area (Å²) >= 11 is 8.57. The molecule has 0 radical (unpaired) electrons. The number of ketones is 1. The van der Waals surface area contributed by atoms with Crippen LogP contribution in [0.25, 0.3) is 0 Å². The number of thioether (sulfide) groups is 2. The average Bonchev–Trinajstić information content (AvgIpc) is 2.76. The maximum absolute atomic E-state index is 12.4. The molecule has 0 saturated heterocycles. The van der Waals surface area contributed by atoms with Crippen molar-refractivity contribution in [1.29, 1.82) is 0 Å². The van der Waals surface area contributed by atoms with Crippen LogP contribution in [-0.4, -0.2) is 40.3 Å². The number of carbonyl (C=O) groups excluding carboxylic acids is 2. The lowest BCUT2D eigenvalue weighted by Crippen LogP contribution is -2.15. The number of nitrogens with one attached hydrogen (secondary N) is 1. The topological polar surface area (TPSA) is 81.2 Å². The highest BCUT2D eigenvalue weighted by Gasteiger charge is 2.12. The lowest BCUT2D eigenvalue weighted by molar-refractivity contribution is -0.113. The van der Waals surface area contributed by atoms with Gasteiger partial charge in [0.1, 0.15) is 10.8 Å². The molecule has 0 atom stereocenters. The molecule has 31 heavy (non-hydrogen) atoms. The number of Topliss-reactive ketones (excluding diaryl/α,β-unsaturated/α-hetero) is 1. The van der Waals surface area contributed by atoms with Crippen molar-refractivity contribution >= 4 is 52.5 Å². The van der Waals surface area contributed by atoms with Crippen LogP contribution in [0.2, 0.25) is 5.02 Å². The van der Waals surface area contributed by atoms with E-state index in [1.165, 1.54) is 30.6 Å². The van der Waals surface area contributed by atoms with Gasteiger partial charge in [-0.15, -0.1) is 0 Å². The molecule has 0 aliphatic rings. The number of amides is 1. The summed E-state index contributed by atoms with van der Waals surface area (Å²) < 4.78 is 5.24. The molecule has 6 nitrogen and oxygen atoms in total. The van der Waals surface area contributed by atoms with Gasteiger partial charge in [0, 0.05) is 16.3 Å². The third-order valence-corrected chi connectivity index (χ3v) is 6.02. The number of methoxy groups -OCH3 is 1. The standard InChI is InChI=1S/C22H20ClN3O3S2/c1-14-10-21(26-22(24-14)31-12-18(27)15-6-4-3-5-7-15)30-13-20(28)25-17-11-16(23)8-9-19(17)29-2/h3-11H,12-13H2,1-2H3,(H,25,28). The zero-order valence-electron chi connectivity index (χ0n) is 16.9. The summed E-state index contributed by atoms with van der Waals surface area (Å²) in [4.78, 5) is 33.5. The second-order valence-electron chi connectivity index (χ2n) is 6.39. The van der Waals surface area contributed by atoms with E-state index in [2.05, 4.69) is 15.3 Å². The minimum atomic E-state index is -0.213. The smallest absolute Gasteiger partial charge is 0.234 e. The fraction of sp³-hybridized carbons (Fsp3) is 0.182. The summed E-state index contributed by atoms with van der Waals surface area (Å²) in [5.41, 5.74) is 1.93. The minimum absolute atomic E-state index is 0.0137. The molecule has 0 fully saturated rings. The van der Waals surface area contributed by atoms with E-state index in [4.69, 9.17) is 16.3 Å². The molecule has 0 unspecified atom stereocenters. The molecule has 2 aromatic carbocycles. The number of hydrogen-bond donors (Lipinski definition) is 1. The molecular weight excluding hydrogens is 454 g/mol. The van der Waals surface area contributed by atoms with Crippen LogP contribution in [0.1, 0.15) is 16.1 Å². The SMILES string of the molecule is COc1ccc(Cl)cc1NC(=O)CSc1cc(C)nc(SCC(=O)c2ccccc2)n1. The Hall–Kier alpha value is -2.55. The monoisotopic (exact) mass is 473 g/mol. The van der Waals surface area contributed by atoms with E-state index < -0.39 is 0 Å². The maximum Gasteiger partial charge on any atom is 0.234 e. The Labute approximate surface area is 194 Å². The molecule has 1 aromatic heterocycles. The lowest BCUT2D eigenvalue weighted by atomic mass is 10.2. The quantitative estimate of drug-likeness (QED) is 0.199. The maximum atomic E-state index is 12.4. The van der Waals surface area contributed by atoms with Gasteiger partial charge in [-0.1, -0.05) is 65.5 Å². The molecule has 9 heteroatoms. The third kappa shape index (κ3) is 6.99. The number of halogens is 1. The third-order valence-electron chi connectivity index (χ3n) is 4.03. The molecule has 1 N–H and O–H groups in total. The van der Waals surface area contributed by atoms with Crippen molar-refractivity contribution in [3.05, 3.63) is 70.9 Å². The first-order chi connectivity index (χ1) is 14.9. The highest BCUT2D eigenvalue weighted by molar-refractivity contribution is 8.00. The van der Waals surface area contributed by atoms with Crippen molar-refractivity contribution in [3.8, 4) is 5.75 Å². The fourth-order valence-corrected chi connectivity index (χ4v) is 4.38. The van der Waals surface area contributed by atoms with Gasteiger partial charge in [-0.3, -0.25) is 9.59 Å². The van der Waals surface area contributed by atoms with Crippen LogP contribution in [0.3, 0.4) is 0 Å². The second-order valence-corrected chi connectivity index (χ2v) is 8.76. The number of aromatic nitrogens is 2. The Morgan fingerprint density at radius 2 is 1.81 bits per heavy atom. The van der Waals surface area contributed by atoms with Gasteiger partial charge < -0.3 is 10.1 Å². The highest BCUT2D eigenvalue weighted by Crippen LogP contribution is 2.28. The molecule has 3 rings (SSSR count). The van der Waals surface area contributed by atoms with Crippen molar-refractivity contribution in [2.75, 3.05) is 23.9 Å². The number of carbonyl (C=O) groups is 2. The summed E-state index contributed by atoms with van der Waals surface area (Å²) in [6, 6.07) is 15.9. The molecular formula is C22H20ClN3O3S2. The summed E-state index contributed by atoms with van der Waals surface area (Å²) in [7, 11) is 1.53. The first kappa shape index (κ1) is 23.1. The van der Waals surface area contributed by atoms with E-state index in [1.807, 2.05) is 25.1 Å². The predicted octanol–water partition coefficient (Wildman–Crippen LogP) is 5.15. The van der Waals surface area contributed by atoms with Gasteiger partial charge in [-0.05, 0) is 31.2 Å². The van der Waals surface area contributed by atoms with Gasteiger partial charge in [0.05, 0.1) is 24.3 Å². The van der Waals surface area contributed by atoms with E-state index in [1.54, 1.807) is 36.4 Å². The Balaban J connectivity index is 1.58. The zero-order valence-corrected chi connectivity index (χ0v) is 19.3. The molecule has 160 valence electrons. The molecule has 3 aromatic rings. The Kier molecular flexibility index (Phi) is 8.34. The first-order valence-electron chi connectivity index (χ1n) is 9.27. The van der Waals surface area contributed by atoms with Gasteiger partial charge in [-0.2, -0.15) is 0 Å². The van der Waals surface area contributed by atoms with Gasteiger partial charge >= 0.3 is 0 Å². The summed E-state index contributed by atoms with van der Waals surface area (Å²) in [5.74, 6) is 0.726. The normalized spacial score (nSPS) is 10.5. The number of rotatable bonds is 9. The molecule has 1 amide bonds. The summed E-state index contributed by atoms with van der Waals surface area (Å²) in [6.45, 7) is 1.85. The van der Waals surface area contributed by atoms with Crippen LogP contribution in [0.4, 0.5) is 5.69 Å². The summed E-state index contributed by atoms with van der Waals surface area (Å²) in [6.07, 6.45) is 0. The van der Waals surface area contributed by atoms with Gasteiger partial charge in [-0.25, -0.2) is 9.97 Å².